The molecule has 7 heteroatoms. The van der Waals surface area contributed by atoms with Crippen LogP contribution in [0.3, 0.4) is 0 Å². The van der Waals surface area contributed by atoms with Crippen molar-refractivity contribution in [2.24, 2.45) is 0 Å². The van der Waals surface area contributed by atoms with E-state index in [4.69, 9.17) is 9.47 Å². The molecule has 1 rings (SSSR count). The third-order valence-electron chi connectivity index (χ3n) is 2.73. The topological polar surface area (TPSA) is 39.7 Å². The molecule has 114 valence electrons. The molecule has 1 N–H and O–H groups in total. The monoisotopic (exact) mass is 293 g/mol. The van der Waals surface area contributed by atoms with Gasteiger partial charge in [0.25, 0.3) is 0 Å². The van der Waals surface area contributed by atoms with E-state index < -0.39 is 13.0 Å². The predicted octanol–water partition coefficient (Wildman–Crippen LogP) is 2.89. The zero-order chi connectivity index (χ0) is 15.2. The van der Waals surface area contributed by atoms with Crippen molar-refractivity contribution in [3.63, 3.8) is 0 Å². The summed E-state index contributed by atoms with van der Waals surface area (Å²) in [7, 11) is 3.30. The highest BCUT2D eigenvalue weighted by Gasteiger charge is 2.28. The molecular weight excluding hydrogens is 275 g/mol. The minimum Gasteiger partial charge on any atom is -0.493 e. The Hall–Kier alpha value is -1.47. The van der Waals surface area contributed by atoms with Crippen LogP contribution in [0.15, 0.2) is 18.2 Å². The van der Waals surface area contributed by atoms with Crippen molar-refractivity contribution in [2.45, 2.75) is 19.3 Å². The van der Waals surface area contributed by atoms with E-state index in [0.29, 0.717) is 11.5 Å². The maximum absolute atomic E-state index is 11.8. The van der Waals surface area contributed by atoms with E-state index in [1.807, 2.05) is 20.0 Å². The van der Waals surface area contributed by atoms with Gasteiger partial charge in [-0.2, -0.15) is 0 Å². The molecule has 1 aromatic carbocycles. The smallest absolute Gasteiger partial charge is 0.493 e. The Morgan fingerprint density at radius 1 is 1.20 bits per heavy atom. The molecule has 0 aliphatic rings. The third kappa shape index (κ3) is 5.26. The molecule has 0 bridgehead atoms. The maximum Gasteiger partial charge on any atom is 0.522 e. The molecule has 0 aliphatic carbocycles. The van der Waals surface area contributed by atoms with Crippen molar-refractivity contribution in [1.29, 1.82) is 0 Å². The molecule has 0 saturated carbocycles. The fourth-order valence-electron chi connectivity index (χ4n) is 1.55. The molecule has 0 aromatic heterocycles. The van der Waals surface area contributed by atoms with Gasteiger partial charge in [0.05, 0.1) is 13.7 Å². The minimum absolute atomic E-state index is 0.131. The first kappa shape index (κ1) is 16.6. The zero-order valence-corrected chi connectivity index (χ0v) is 11.6. The zero-order valence-electron chi connectivity index (χ0n) is 11.6. The second kappa shape index (κ2) is 7.35. The Labute approximate surface area is 115 Å². The van der Waals surface area contributed by atoms with Crippen molar-refractivity contribution in [2.75, 3.05) is 27.4 Å². The lowest BCUT2D eigenvalue weighted by atomic mass is 10.1. The molecule has 4 nitrogen and oxygen atoms in total. The van der Waals surface area contributed by atoms with Gasteiger partial charge in [-0.25, -0.2) is 0 Å². The van der Waals surface area contributed by atoms with Gasteiger partial charge in [-0.1, -0.05) is 6.07 Å². The van der Waals surface area contributed by atoms with Crippen LogP contribution in [-0.2, 0) is 4.74 Å². The summed E-state index contributed by atoms with van der Waals surface area (Å²) in [6.07, 6.45) is -4.64. The van der Waals surface area contributed by atoms with Gasteiger partial charge in [0.15, 0.2) is 11.5 Å². The van der Waals surface area contributed by atoms with Crippen LogP contribution in [0.25, 0.3) is 0 Å². The van der Waals surface area contributed by atoms with Crippen LogP contribution in [0, 0.1) is 0 Å². The largest absolute Gasteiger partial charge is 0.522 e. The van der Waals surface area contributed by atoms with E-state index in [0.717, 1.165) is 5.56 Å². The second-order valence-corrected chi connectivity index (χ2v) is 4.06. The number of nitrogens with one attached hydrogen (secondary N) is 1. The second-order valence-electron chi connectivity index (χ2n) is 4.06. The summed E-state index contributed by atoms with van der Waals surface area (Å²) in [4.78, 5) is 0. The normalized spacial score (nSPS) is 13.1. The number of ether oxygens (including phenoxy) is 3. The van der Waals surface area contributed by atoms with Gasteiger partial charge in [0.2, 0.25) is 0 Å². The quantitative estimate of drug-likeness (QED) is 0.785. The molecule has 1 unspecified atom stereocenters. The van der Waals surface area contributed by atoms with Gasteiger partial charge in [-0.05, 0) is 31.7 Å². The molecule has 20 heavy (non-hydrogen) atoms. The molecule has 1 atom stereocenters. The van der Waals surface area contributed by atoms with Gasteiger partial charge in [0, 0.05) is 6.04 Å². The molecule has 1 aromatic rings. The third-order valence-corrected chi connectivity index (χ3v) is 2.73. The lowest BCUT2D eigenvalue weighted by Gasteiger charge is -2.15. The Morgan fingerprint density at radius 2 is 1.90 bits per heavy atom. The van der Waals surface area contributed by atoms with E-state index in [-0.39, 0.29) is 12.6 Å². The molecule has 0 heterocycles. The first-order chi connectivity index (χ1) is 9.37. The van der Waals surface area contributed by atoms with Crippen molar-refractivity contribution in [3.05, 3.63) is 23.8 Å². The van der Waals surface area contributed by atoms with Crippen molar-refractivity contribution < 1.29 is 27.4 Å². The average molecular weight is 293 g/mol. The summed E-state index contributed by atoms with van der Waals surface area (Å²) in [6, 6.07) is 5.40. The number of alkyl halides is 3. The Bertz CT molecular complexity index is 424. The fourth-order valence-corrected chi connectivity index (χ4v) is 1.55. The van der Waals surface area contributed by atoms with E-state index in [1.54, 1.807) is 12.1 Å². The summed E-state index contributed by atoms with van der Waals surface area (Å²) in [5.74, 6) is 0.849. The molecule has 0 amide bonds. The highest BCUT2D eigenvalue weighted by atomic mass is 19.4. The lowest BCUT2D eigenvalue weighted by Crippen LogP contribution is -2.18. The number of rotatable bonds is 7. The average Bonchev–Trinajstić information content (AvgIpc) is 2.41. The molecular formula is C13H18F3NO3. The molecule has 0 saturated heterocycles. The number of halogens is 3. The van der Waals surface area contributed by atoms with E-state index >= 15 is 0 Å². The SMILES string of the molecule is CNC(C)c1ccc(OCCOC(F)(F)F)c(OC)c1. The minimum atomic E-state index is -4.64. The van der Waals surface area contributed by atoms with E-state index in [2.05, 4.69) is 10.1 Å². The van der Waals surface area contributed by atoms with Crippen LogP contribution < -0.4 is 14.8 Å². The van der Waals surface area contributed by atoms with Crippen molar-refractivity contribution >= 4 is 0 Å². The Kier molecular flexibility index (Phi) is 6.09. The van der Waals surface area contributed by atoms with Gasteiger partial charge in [-0.3, -0.25) is 4.74 Å². The van der Waals surface area contributed by atoms with Crippen LogP contribution in [0.4, 0.5) is 13.2 Å². The van der Waals surface area contributed by atoms with Crippen LogP contribution >= 0.6 is 0 Å². The van der Waals surface area contributed by atoms with E-state index in [1.165, 1.54) is 7.11 Å². The van der Waals surface area contributed by atoms with Gasteiger partial charge < -0.3 is 14.8 Å². The van der Waals surface area contributed by atoms with E-state index in [9.17, 15) is 13.2 Å². The van der Waals surface area contributed by atoms with Crippen LogP contribution in [-0.4, -0.2) is 33.7 Å². The maximum atomic E-state index is 11.8. The predicted molar refractivity (Wildman–Crippen MR) is 68.0 cm³/mol. The highest BCUT2D eigenvalue weighted by Crippen LogP contribution is 2.30. The number of hydrogen-bond donors (Lipinski definition) is 1. The number of hydrogen-bond acceptors (Lipinski definition) is 4. The van der Waals surface area contributed by atoms with Gasteiger partial charge in [0.1, 0.15) is 6.61 Å². The Balaban J connectivity index is 2.62. The van der Waals surface area contributed by atoms with Crippen LogP contribution in [0.5, 0.6) is 11.5 Å². The Morgan fingerprint density at radius 3 is 2.45 bits per heavy atom. The first-order valence-electron chi connectivity index (χ1n) is 6.06. The van der Waals surface area contributed by atoms with Crippen LogP contribution in [0.1, 0.15) is 18.5 Å². The van der Waals surface area contributed by atoms with Gasteiger partial charge in [-0.15, -0.1) is 13.2 Å². The lowest BCUT2D eigenvalue weighted by molar-refractivity contribution is -0.325. The summed E-state index contributed by atoms with van der Waals surface area (Å²) >= 11 is 0. The van der Waals surface area contributed by atoms with Crippen molar-refractivity contribution in [1.82, 2.24) is 5.32 Å². The standard InChI is InChI=1S/C13H18F3NO3/c1-9(17-2)10-4-5-11(12(8-10)18-3)19-6-7-20-13(14,15)16/h4-5,8-9,17H,6-7H2,1-3H3. The summed E-state index contributed by atoms with van der Waals surface area (Å²) < 4.78 is 49.4. The molecule has 0 spiro atoms. The summed E-state index contributed by atoms with van der Waals surface area (Å²) in [5, 5.41) is 3.08. The number of benzene rings is 1. The van der Waals surface area contributed by atoms with Crippen LogP contribution in [0.2, 0.25) is 0 Å². The molecule has 0 fully saturated rings. The summed E-state index contributed by atoms with van der Waals surface area (Å²) in [5.41, 5.74) is 0.989. The van der Waals surface area contributed by atoms with Gasteiger partial charge >= 0.3 is 6.36 Å². The highest BCUT2D eigenvalue weighted by molar-refractivity contribution is 5.43. The fraction of sp³-hybridized carbons (Fsp3) is 0.538. The number of methoxy groups -OCH3 is 1. The summed E-state index contributed by atoms with van der Waals surface area (Å²) in [6.45, 7) is 1.20. The van der Waals surface area contributed by atoms with Crippen molar-refractivity contribution in [3.8, 4) is 11.5 Å². The molecule has 0 radical (unpaired) electrons. The first-order valence-corrected chi connectivity index (χ1v) is 6.06. The molecule has 0 aliphatic heterocycles.